The van der Waals surface area contributed by atoms with Gasteiger partial charge in [0.05, 0.1) is 25.8 Å². The molecule has 6 heteroatoms. The third-order valence-corrected chi connectivity index (χ3v) is 5.64. The Morgan fingerprint density at radius 1 is 1.38 bits per heavy atom. The van der Waals surface area contributed by atoms with Gasteiger partial charge in [-0.05, 0) is 30.7 Å². The second kappa shape index (κ2) is 9.39. The van der Waals surface area contributed by atoms with Gasteiger partial charge in [-0.25, -0.2) is 0 Å². The van der Waals surface area contributed by atoms with Crippen LogP contribution in [0.15, 0.2) is 22.5 Å². The fourth-order valence-corrected chi connectivity index (χ4v) is 3.93. The van der Waals surface area contributed by atoms with E-state index >= 15 is 0 Å². The quantitative estimate of drug-likeness (QED) is 0.559. The summed E-state index contributed by atoms with van der Waals surface area (Å²) in [5, 5.41) is 9.03. The van der Waals surface area contributed by atoms with E-state index in [0.717, 1.165) is 57.8 Å². The smallest absolute Gasteiger partial charge is 0.191 e. The lowest BCUT2D eigenvalue weighted by Crippen LogP contribution is -2.41. The molecule has 2 N–H and O–H groups in total. The van der Waals surface area contributed by atoms with E-state index in [-0.39, 0.29) is 0 Å². The molecule has 2 heterocycles. The molecule has 0 amide bonds. The first kappa shape index (κ1) is 17.7. The van der Waals surface area contributed by atoms with Gasteiger partial charge in [0.15, 0.2) is 5.96 Å². The minimum absolute atomic E-state index is 0.354. The highest BCUT2D eigenvalue weighted by molar-refractivity contribution is 7.10. The number of aliphatic imine (C=N–C) groups is 1. The molecule has 0 aromatic carbocycles. The Morgan fingerprint density at radius 3 is 2.88 bits per heavy atom. The van der Waals surface area contributed by atoms with E-state index in [1.54, 1.807) is 0 Å². The Labute approximate surface area is 149 Å². The fraction of sp³-hybridized carbons (Fsp3) is 0.722. The van der Waals surface area contributed by atoms with Gasteiger partial charge in [0.1, 0.15) is 0 Å². The summed E-state index contributed by atoms with van der Waals surface area (Å²) in [5.41, 5.74) is 0. The van der Waals surface area contributed by atoms with Crippen molar-refractivity contribution >= 4 is 17.3 Å². The first-order valence-corrected chi connectivity index (χ1v) is 10.1. The predicted octanol–water partition coefficient (Wildman–Crippen LogP) is 2.48. The van der Waals surface area contributed by atoms with Gasteiger partial charge >= 0.3 is 0 Å². The molecule has 1 aromatic heterocycles. The molecular formula is C18H30N4OS. The van der Waals surface area contributed by atoms with Crippen molar-refractivity contribution in [1.29, 1.82) is 0 Å². The van der Waals surface area contributed by atoms with Crippen LogP contribution in [-0.2, 0) is 4.74 Å². The Morgan fingerprint density at radius 2 is 2.21 bits per heavy atom. The highest BCUT2D eigenvalue weighted by Gasteiger charge is 2.23. The van der Waals surface area contributed by atoms with Crippen LogP contribution in [0, 0.1) is 5.92 Å². The second-order valence-corrected chi connectivity index (χ2v) is 7.54. The van der Waals surface area contributed by atoms with Crippen LogP contribution in [0.25, 0.3) is 0 Å². The van der Waals surface area contributed by atoms with Crippen molar-refractivity contribution in [3.8, 4) is 0 Å². The lowest BCUT2D eigenvalue weighted by Gasteiger charge is -2.33. The van der Waals surface area contributed by atoms with Crippen LogP contribution in [0.2, 0.25) is 0 Å². The first-order chi connectivity index (χ1) is 11.9. The van der Waals surface area contributed by atoms with Crippen LogP contribution in [0.1, 0.15) is 37.1 Å². The van der Waals surface area contributed by atoms with Gasteiger partial charge in [-0.2, -0.15) is 0 Å². The van der Waals surface area contributed by atoms with Gasteiger partial charge in [0.25, 0.3) is 0 Å². The van der Waals surface area contributed by atoms with E-state index in [4.69, 9.17) is 9.73 Å². The van der Waals surface area contributed by atoms with E-state index in [1.165, 1.54) is 24.1 Å². The normalized spacial score (nSPS) is 20.8. The molecule has 1 unspecified atom stereocenters. The van der Waals surface area contributed by atoms with Crippen LogP contribution in [0.3, 0.4) is 0 Å². The van der Waals surface area contributed by atoms with Gasteiger partial charge in [-0.1, -0.05) is 18.9 Å². The topological polar surface area (TPSA) is 48.9 Å². The molecule has 1 saturated heterocycles. The van der Waals surface area contributed by atoms with Gasteiger partial charge < -0.3 is 15.4 Å². The summed E-state index contributed by atoms with van der Waals surface area (Å²) < 4.78 is 5.51. The maximum Gasteiger partial charge on any atom is 0.191 e. The monoisotopic (exact) mass is 350 g/mol. The molecule has 1 aliphatic heterocycles. The minimum atomic E-state index is 0.354. The number of guanidine groups is 1. The maximum absolute atomic E-state index is 5.51. The summed E-state index contributed by atoms with van der Waals surface area (Å²) in [5.74, 6) is 1.90. The molecule has 1 atom stereocenters. The average molecular weight is 351 g/mol. The second-order valence-electron chi connectivity index (χ2n) is 6.56. The van der Waals surface area contributed by atoms with Gasteiger partial charge in [0, 0.05) is 31.1 Å². The molecule has 1 aromatic rings. The first-order valence-electron chi connectivity index (χ1n) is 9.24. The number of ether oxygens (including phenoxy) is 1. The number of morpholine rings is 1. The highest BCUT2D eigenvalue weighted by atomic mass is 32.1. The molecule has 2 aliphatic rings. The van der Waals surface area contributed by atoms with Crippen molar-refractivity contribution in [2.24, 2.45) is 10.9 Å². The Kier molecular flexibility index (Phi) is 6.93. The predicted molar refractivity (Wildman–Crippen MR) is 101 cm³/mol. The van der Waals surface area contributed by atoms with Crippen LogP contribution in [0.4, 0.5) is 0 Å². The zero-order chi connectivity index (χ0) is 16.6. The van der Waals surface area contributed by atoms with Gasteiger partial charge in [-0.3, -0.25) is 9.89 Å². The molecule has 2 fully saturated rings. The largest absolute Gasteiger partial charge is 0.379 e. The highest BCUT2D eigenvalue weighted by Crippen LogP contribution is 2.31. The van der Waals surface area contributed by atoms with Crippen LogP contribution < -0.4 is 10.6 Å². The van der Waals surface area contributed by atoms with Gasteiger partial charge in [0.2, 0.25) is 0 Å². The molecule has 1 aliphatic carbocycles. The third kappa shape index (κ3) is 5.46. The summed E-state index contributed by atoms with van der Waals surface area (Å²) in [6.45, 7) is 8.47. The van der Waals surface area contributed by atoms with Crippen molar-refractivity contribution in [2.75, 3.05) is 45.9 Å². The SMILES string of the molecule is CCNC(=NCC(c1cccs1)N1CCOCC1)NCCC1CC1. The van der Waals surface area contributed by atoms with E-state index < -0.39 is 0 Å². The van der Waals surface area contributed by atoms with Crippen molar-refractivity contribution in [3.63, 3.8) is 0 Å². The zero-order valence-electron chi connectivity index (χ0n) is 14.7. The fourth-order valence-electron chi connectivity index (χ4n) is 3.08. The number of hydrogen-bond donors (Lipinski definition) is 2. The van der Waals surface area contributed by atoms with Crippen molar-refractivity contribution < 1.29 is 4.74 Å². The molecule has 134 valence electrons. The summed E-state index contributed by atoms with van der Waals surface area (Å²) in [6, 6.07) is 4.72. The summed E-state index contributed by atoms with van der Waals surface area (Å²) in [7, 11) is 0. The third-order valence-electron chi connectivity index (χ3n) is 4.67. The molecule has 0 radical (unpaired) electrons. The van der Waals surface area contributed by atoms with E-state index in [2.05, 4.69) is 40.0 Å². The zero-order valence-corrected chi connectivity index (χ0v) is 15.5. The molecule has 1 saturated carbocycles. The Bertz CT molecular complexity index is 495. The van der Waals surface area contributed by atoms with Crippen LogP contribution in [0.5, 0.6) is 0 Å². The van der Waals surface area contributed by atoms with E-state index in [0.29, 0.717) is 6.04 Å². The molecule has 5 nitrogen and oxygen atoms in total. The molecule has 3 rings (SSSR count). The molecular weight excluding hydrogens is 320 g/mol. The Balaban J connectivity index is 1.60. The summed E-state index contributed by atoms with van der Waals surface area (Å²) >= 11 is 1.83. The lowest BCUT2D eigenvalue weighted by molar-refractivity contribution is 0.0186. The number of hydrogen-bond acceptors (Lipinski definition) is 4. The van der Waals surface area contributed by atoms with Crippen LogP contribution in [-0.4, -0.2) is 56.8 Å². The van der Waals surface area contributed by atoms with Crippen LogP contribution >= 0.6 is 11.3 Å². The Hall–Kier alpha value is -1.11. The number of nitrogens with zero attached hydrogens (tertiary/aromatic N) is 2. The number of nitrogens with one attached hydrogen (secondary N) is 2. The van der Waals surface area contributed by atoms with Crippen molar-refractivity contribution in [3.05, 3.63) is 22.4 Å². The average Bonchev–Trinajstić information content (AvgIpc) is 3.28. The molecule has 24 heavy (non-hydrogen) atoms. The molecule has 0 bridgehead atoms. The summed E-state index contributed by atoms with van der Waals surface area (Å²) in [4.78, 5) is 8.79. The minimum Gasteiger partial charge on any atom is -0.379 e. The van der Waals surface area contributed by atoms with E-state index in [9.17, 15) is 0 Å². The van der Waals surface area contributed by atoms with Gasteiger partial charge in [-0.15, -0.1) is 11.3 Å². The maximum atomic E-state index is 5.51. The van der Waals surface area contributed by atoms with Crippen molar-refractivity contribution in [1.82, 2.24) is 15.5 Å². The summed E-state index contributed by atoms with van der Waals surface area (Å²) in [6.07, 6.45) is 4.09. The number of thiophene rings is 1. The van der Waals surface area contributed by atoms with E-state index in [1.807, 2.05) is 11.3 Å². The lowest BCUT2D eigenvalue weighted by atomic mass is 10.2. The van der Waals surface area contributed by atoms with Crippen molar-refractivity contribution in [2.45, 2.75) is 32.2 Å². The molecule has 0 spiro atoms. The number of rotatable bonds is 8. The standard InChI is InChI=1S/C18H30N4OS/c1-2-19-18(20-8-7-15-5-6-15)21-14-16(17-4-3-13-24-17)22-9-11-23-12-10-22/h3-4,13,15-16H,2,5-12,14H2,1H3,(H2,19,20,21).